The van der Waals surface area contributed by atoms with Gasteiger partial charge in [0.2, 0.25) is 0 Å². The van der Waals surface area contributed by atoms with E-state index in [4.69, 9.17) is 21.0 Å². The number of hydrogen-bond acceptors (Lipinski definition) is 4. The Morgan fingerprint density at radius 1 is 1.40 bits per heavy atom. The Labute approximate surface area is 116 Å². The van der Waals surface area contributed by atoms with E-state index in [1.54, 1.807) is 12.1 Å². The summed E-state index contributed by atoms with van der Waals surface area (Å²) in [5.41, 5.74) is 0.320. The second-order valence-electron chi connectivity index (χ2n) is 3.84. The van der Waals surface area contributed by atoms with E-state index in [1.165, 1.54) is 19.2 Å². The van der Waals surface area contributed by atoms with E-state index in [0.29, 0.717) is 11.3 Å². The molecule has 0 aliphatic rings. The van der Waals surface area contributed by atoms with Gasteiger partial charge in [0.05, 0.1) is 6.61 Å². The first-order valence-electron chi connectivity index (χ1n) is 5.77. The summed E-state index contributed by atoms with van der Waals surface area (Å²) < 4.78 is 9.90. The molecule has 0 aliphatic carbocycles. The first kappa shape index (κ1) is 15.5. The van der Waals surface area contributed by atoms with Crippen LogP contribution in [0.4, 0.5) is 0 Å². The fourth-order valence-electron chi connectivity index (χ4n) is 1.41. The molecule has 0 spiro atoms. The Morgan fingerprint density at radius 2 is 2.05 bits per heavy atom. The Kier molecular flexibility index (Phi) is 6.07. The van der Waals surface area contributed by atoms with Crippen LogP contribution in [0.1, 0.15) is 10.4 Å². The van der Waals surface area contributed by atoms with Crippen LogP contribution in [0.25, 0.3) is 0 Å². The minimum absolute atomic E-state index is 0.107. The predicted molar refractivity (Wildman–Crippen MR) is 71.5 cm³/mol. The molecule has 2 N–H and O–H groups in total. The Morgan fingerprint density at radius 3 is 2.55 bits per heavy atom. The zero-order valence-electron chi connectivity index (χ0n) is 11.0. The third-order valence-corrected chi connectivity index (χ3v) is 2.38. The van der Waals surface area contributed by atoms with Crippen LogP contribution in [-0.4, -0.2) is 43.3 Å². The van der Waals surface area contributed by atoms with Gasteiger partial charge in [-0.2, -0.15) is 0 Å². The number of nitrogens with one attached hydrogen (secondary N) is 1. The van der Waals surface area contributed by atoms with Gasteiger partial charge in [-0.25, -0.2) is 4.79 Å². The number of rotatable bonds is 7. The van der Waals surface area contributed by atoms with Gasteiger partial charge in [-0.1, -0.05) is 5.92 Å². The van der Waals surface area contributed by atoms with Crippen LogP contribution in [-0.2, 0) is 9.53 Å². The zero-order chi connectivity index (χ0) is 15.0. The van der Waals surface area contributed by atoms with Crippen molar-refractivity contribution in [1.29, 1.82) is 0 Å². The molecule has 1 rings (SSSR count). The smallest absolute Gasteiger partial charge is 0.328 e. The minimum atomic E-state index is -1.16. The molecule has 6 heteroatoms. The third kappa shape index (κ3) is 4.63. The maximum Gasteiger partial charge on any atom is 0.328 e. The van der Waals surface area contributed by atoms with Gasteiger partial charge in [-0.05, 0) is 24.3 Å². The SMILES string of the molecule is C#CCOc1ccc(C(=O)NC(COC)C(=O)O)cc1. The average molecular weight is 277 g/mol. The number of ether oxygens (including phenoxy) is 2. The molecule has 20 heavy (non-hydrogen) atoms. The summed E-state index contributed by atoms with van der Waals surface area (Å²) in [4.78, 5) is 22.8. The van der Waals surface area contributed by atoms with Crippen molar-refractivity contribution in [2.75, 3.05) is 20.3 Å². The second-order valence-corrected chi connectivity index (χ2v) is 3.84. The van der Waals surface area contributed by atoms with Crippen LogP contribution >= 0.6 is 0 Å². The molecule has 0 bridgehead atoms. The van der Waals surface area contributed by atoms with Crippen LogP contribution in [0.3, 0.4) is 0 Å². The van der Waals surface area contributed by atoms with Gasteiger partial charge in [0.1, 0.15) is 12.4 Å². The van der Waals surface area contributed by atoms with Gasteiger partial charge >= 0.3 is 5.97 Å². The summed E-state index contributed by atoms with van der Waals surface area (Å²) >= 11 is 0. The van der Waals surface area contributed by atoms with Crippen molar-refractivity contribution in [3.8, 4) is 18.1 Å². The number of benzene rings is 1. The predicted octanol–water partition coefficient (Wildman–Crippen LogP) is 0.528. The summed E-state index contributed by atoms with van der Waals surface area (Å²) in [7, 11) is 1.36. The lowest BCUT2D eigenvalue weighted by molar-refractivity contribution is -0.140. The molecule has 106 valence electrons. The van der Waals surface area contributed by atoms with E-state index in [2.05, 4.69) is 11.2 Å². The Balaban J connectivity index is 2.67. The van der Waals surface area contributed by atoms with Gasteiger partial charge in [-0.3, -0.25) is 4.79 Å². The maximum absolute atomic E-state index is 11.9. The number of methoxy groups -OCH3 is 1. The number of terminal acetylenes is 1. The van der Waals surface area contributed by atoms with Crippen molar-refractivity contribution < 1.29 is 24.2 Å². The molecule has 1 aromatic rings. The van der Waals surface area contributed by atoms with Crippen molar-refractivity contribution in [3.63, 3.8) is 0 Å². The summed E-state index contributed by atoms with van der Waals surface area (Å²) in [5.74, 6) is 1.20. The lowest BCUT2D eigenvalue weighted by Crippen LogP contribution is -2.43. The summed E-state index contributed by atoms with van der Waals surface area (Å²) in [6, 6.07) is 5.11. The minimum Gasteiger partial charge on any atom is -0.481 e. The van der Waals surface area contributed by atoms with E-state index in [1.807, 2.05) is 0 Å². The largest absolute Gasteiger partial charge is 0.481 e. The fraction of sp³-hybridized carbons (Fsp3) is 0.286. The number of carboxylic acid groups (broad SMARTS) is 1. The van der Waals surface area contributed by atoms with Crippen LogP contribution in [0, 0.1) is 12.3 Å². The summed E-state index contributed by atoms with van der Waals surface area (Å²) in [5, 5.41) is 11.3. The number of amides is 1. The van der Waals surface area contributed by atoms with E-state index in [9.17, 15) is 9.59 Å². The number of hydrogen-bond donors (Lipinski definition) is 2. The average Bonchev–Trinajstić information content (AvgIpc) is 2.45. The van der Waals surface area contributed by atoms with Gasteiger partial charge in [0.15, 0.2) is 6.04 Å². The van der Waals surface area contributed by atoms with Crippen molar-refractivity contribution >= 4 is 11.9 Å². The molecule has 0 radical (unpaired) electrons. The standard InChI is InChI=1S/C14H15NO5/c1-3-8-20-11-6-4-10(5-7-11)13(16)15-12(9-19-2)14(17)18/h1,4-7,12H,8-9H2,2H3,(H,15,16)(H,17,18). The highest BCUT2D eigenvalue weighted by atomic mass is 16.5. The number of carboxylic acids is 1. The van der Waals surface area contributed by atoms with Crippen LogP contribution in [0.15, 0.2) is 24.3 Å². The molecule has 6 nitrogen and oxygen atoms in total. The monoisotopic (exact) mass is 277 g/mol. The first-order valence-corrected chi connectivity index (χ1v) is 5.77. The van der Waals surface area contributed by atoms with Crippen LogP contribution < -0.4 is 10.1 Å². The molecule has 0 saturated carbocycles. The van der Waals surface area contributed by atoms with E-state index in [-0.39, 0.29) is 13.2 Å². The Hall–Kier alpha value is -2.52. The zero-order valence-corrected chi connectivity index (χ0v) is 11.0. The van der Waals surface area contributed by atoms with Gasteiger partial charge in [-0.15, -0.1) is 6.42 Å². The van der Waals surface area contributed by atoms with Crippen LogP contribution in [0.5, 0.6) is 5.75 Å². The van der Waals surface area contributed by atoms with E-state index in [0.717, 1.165) is 0 Å². The van der Waals surface area contributed by atoms with Gasteiger partial charge < -0.3 is 19.9 Å². The Bertz CT molecular complexity index is 503. The van der Waals surface area contributed by atoms with Crippen molar-refractivity contribution in [2.24, 2.45) is 0 Å². The van der Waals surface area contributed by atoms with Crippen molar-refractivity contribution in [1.82, 2.24) is 5.32 Å². The molecular formula is C14H15NO5. The quantitative estimate of drug-likeness (QED) is 0.710. The molecule has 1 atom stereocenters. The fourth-order valence-corrected chi connectivity index (χ4v) is 1.41. The number of carbonyl (C=O) groups is 2. The highest BCUT2D eigenvalue weighted by Gasteiger charge is 2.20. The molecule has 1 aromatic carbocycles. The molecule has 1 unspecified atom stereocenters. The lowest BCUT2D eigenvalue weighted by Gasteiger charge is -2.13. The lowest BCUT2D eigenvalue weighted by atomic mass is 10.2. The third-order valence-electron chi connectivity index (χ3n) is 2.38. The number of aliphatic carboxylic acids is 1. The van der Waals surface area contributed by atoms with Crippen LogP contribution in [0.2, 0.25) is 0 Å². The molecule has 0 aromatic heterocycles. The topological polar surface area (TPSA) is 84.9 Å². The van der Waals surface area contributed by atoms with Gasteiger partial charge in [0.25, 0.3) is 5.91 Å². The van der Waals surface area contributed by atoms with E-state index < -0.39 is 17.9 Å². The molecule has 0 fully saturated rings. The normalized spacial score (nSPS) is 11.2. The maximum atomic E-state index is 11.9. The molecule has 1 amide bonds. The van der Waals surface area contributed by atoms with Gasteiger partial charge in [0, 0.05) is 12.7 Å². The first-order chi connectivity index (χ1) is 9.58. The second kappa shape index (κ2) is 7.81. The molecule has 0 saturated heterocycles. The molecular weight excluding hydrogens is 262 g/mol. The molecule has 0 aliphatic heterocycles. The van der Waals surface area contributed by atoms with Crippen molar-refractivity contribution in [3.05, 3.63) is 29.8 Å². The summed E-state index contributed by atoms with van der Waals surface area (Å²) in [6.45, 7) is 0.0326. The highest BCUT2D eigenvalue weighted by molar-refractivity contribution is 5.96. The molecule has 0 heterocycles. The highest BCUT2D eigenvalue weighted by Crippen LogP contribution is 2.12. The summed E-state index contributed by atoms with van der Waals surface area (Å²) in [6.07, 6.45) is 5.06. The van der Waals surface area contributed by atoms with Crippen molar-refractivity contribution in [2.45, 2.75) is 6.04 Å². The van der Waals surface area contributed by atoms with E-state index >= 15 is 0 Å². The number of carbonyl (C=O) groups excluding carboxylic acids is 1.